The highest BCUT2D eigenvalue weighted by atomic mass is 16.4. The van der Waals surface area contributed by atoms with Crippen molar-refractivity contribution in [3.05, 3.63) is 47.9 Å². The minimum Gasteiger partial charge on any atom is -0.478 e. The van der Waals surface area contributed by atoms with Crippen LogP contribution in [0.1, 0.15) is 16.1 Å². The molecule has 0 amide bonds. The predicted molar refractivity (Wildman–Crippen MR) is 59.2 cm³/mol. The summed E-state index contributed by atoms with van der Waals surface area (Å²) in [6.07, 6.45) is 1.38. The summed E-state index contributed by atoms with van der Waals surface area (Å²) in [4.78, 5) is 19.1. The van der Waals surface area contributed by atoms with E-state index in [4.69, 9.17) is 5.11 Å². The van der Waals surface area contributed by atoms with Gasteiger partial charge in [-0.2, -0.15) is 0 Å². The lowest BCUT2D eigenvalue weighted by molar-refractivity contribution is 0.0696. The average Bonchev–Trinajstić information content (AvgIpc) is 2.29. The van der Waals surface area contributed by atoms with Gasteiger partial charge in [-0.05, 0) is 6.92 Å². The first kappa shape index (κ1) is 10.3. The fraction of sp³-hybridized carbons (Fsp3) is 0.0833. The van der Waals surface area contributed by atoms with Crippen LogP contribution in [-0.2, 0) is 0 Å². The van der Waals surface area contributed by atoms with Gasteiger partial charge in [0, 0.05) is 5.56 Å². The van der Waals surface area contributed by atoms with E-state index < -0.39 is 5.97 Å². The molecule has 4 heteroatoms. The molecule has 1 aromatic carbocycles. The second kappa shape index (κ2) is 4.10. The molecule has 16 heavy (non-hydrogen) atoms. The Hall–Kier alpha value is -2.23. The van der Waals surface area contributed by atoms with Crippen molar-refractivity contribution >= 4 is 5.97 Å². The van der Waals surface area contributed by atoms with E-state index in [9.17, 15) is 4.79 Å². The third-order valence-corrected chi connectivity index (χ3v) is 2.30. The van der Waals surface area contributed by atoms with Crippen molar-refractivity contribution < 1.29 is 9.90 Å². The minimum atomic E-state index is -1.00. The molecule has 0 aliphatic carbocycles. The molecule has 0 spiro atoms. The number of aryl methyl sites for hydroxylation is 1. The lowest BCUT2D eigenvalue weighted by Crippen LogP contribution is -2.06. The largest absolute Gasteiger partial charge is 0.478 e. The standard InChI is InChI=1S/C12H10N2O2/c1-8-10(12(15)16)11(14-7-13-8)9-5-3-2-4-6-9/h2-7H,1H3,(H,15,16). The first-order valence-corrected chi connectivity index (χ1v) is 4.80. The van der Waals surface area contributed by atoms with Gasteiger partial charge in [0.05, 0.1) is 11.4 Å². The molecule has 0 bridgehead atoms. The van der Waals surface area contributed by atoms with Gasteiger partial charge in [0.2, 0.25) is 0 Å². The number of aromatic carboxylic acids is 1. The van der Waals surface area contributed by atoms with Crippen LogP contribution in [0.4, 0.5) is 0 Å². The van der Waals surface area contributed by atoms with Gasteiger partial charge in [0.15, 0.2) is 0 Å². The van der Waals surface area contributed by atoms with Crippen LogP contribution in [0.5, 0.6) is 0 Å². The molecule has 80 valence electrons. The number of carbonyl (C=O) groups is 1. The molecule has 0 unspecified atom stereocenters. The summed E-state index contributed by atoms with van der Waals surface area (Å²) in [5.41, 5.74) is 1.88. The Morgan fingerprint density at radius 1 is 1.19 bits per heavy atom. The van der Waals surface area contributed by atoms with E-state index in [1.807, 2.05) is 30.3 Å². The maximum Gasteiger partial charge on any atom is 0.339 e. The van der Waals surface area contributed by atoms with E-state index in [2.05, 4.69) is 9.97 Å². The predicted octanol–water partition coefficient (Wildman–Crippen LogP) is 2.15. The summed E-state index contributed by atoms with van der Waals surface area (Å²) in [6, 6.07) is 9.22. The van der Waals surface area contributed by atoms with Crippen molar-refractivity contribution in [1.29, 1.82) is 0 Å². The number of benzene rings is 1. The van der Waals surface area contributed by atoms with Crippen LogP contribution in [0.25, 0.3) is 11.3 Å². The number of aromatic nitrogens is 2. The Morgan fingerprint density at radius 3 is 2.50 bits per heavy atom. The number of rotatable bonds is 2. The van der Waals surface area contributed by atoms with Crippen LogP contribution >= 0.6 is 0 Å². The number of carboxylic acids is 1. The normalized spacial score (nSPS) is 10.1. The molecule has 2 rings (SSSR count). The topological polar surface area (TPSA) is 63.1 Å². The molecule has 0 aliphatic heterocycles. The van der Waals surface area contributed by atoms with E-state index in [1.165, 1.54) is 6.33 Å². The highest BCUT2D eigenvalue weighted by Crippen LogP contribution is 2.22. The molecule has 2 aromatic rings. The monoisotopic (exact) mass is 214 g/mol. The molecule has 0 fully saturated rings. The second-order valence-corrected chi connectivity index (χ2v) is 3.35. The van der Waals surface area contributed by atoms with Crippen LogP contribution in [-0.4, -0.2) is 21.0 Å². The zero-order valence-corrected chi connectivity index (χ0v) is 8.71. The zero-order valence-electron chi connectivity index (χ0n) is 8.71. The van der Waals surface area contributed by atoms with E-state index in [0.29, 0.717) is 11.4 Å². The van der Waals surface area contributed by atoms with E-state index >= 15 is 0 Å². The van der Waals surface area contributed by atoms with Crippen molar-refractivity contribution in [3.8, 4) is 11.3 Å². The third-order valence-electron chi connectivity index (χ3n) is 2.30. The Morgan fingerprint density at radius 2 is 1.88 bits per heavy atom. The van der Waals surface area contributed by atoms with Crippen LogP contribution in [0.15, 0.2) is 36.7 Å². The summed E-state index contributed by atoms with van der Waals surface area (Å²) < 4.78 is 0. The molecule has 0 saturated carbocycles. The van der Waals surface area contributed by atoms with Crippen molar-refractivity contribution in [2.24, 2.45) is 0 Å². The highest BCUT2D eigenvalue weighted by molar-refractivity contribution is 5.95. The van der Waals surface area contributed by atoms with Crippen LogP contribution in [0.2, 0.25) is 0 Å². The molecule has 0 aliphatic rings. The molecule has 4 nitrogen and oxygen atoms in total. The Labute approximate surface area is 92.6 Å². The van der Waals surface area contributed by atoms with E-state index in [0.717, 1.165) is 5.56 Å². The van der Waals surface area contributed by atoms with E-state index in [-0.39, 0.29) is 5.56 Å². The van der Waals surface area contributed by atoms with Gasteiger partial charge >= 0.3 is 5.97 Å². The number of nitrogens with zero attached hydrogens (tertiary/aromatic N) is 2. The van der Waals surface area contributed by atoms with Gasteiger partial charge in [0.25, 0.3) is 0 Å². The summed E-state index contributed by atoms with van der Waals surface area (Å²) in [5, 5.41) is 9.13. The Bertz CT molecular complexity index is 524. The number of hydrogen-bond donors (Lipinski definition) is 1. The SMILES string of the molecule is Cc1ncnc(-c2ccccc2)c1C(=O)O. The van der Waals surface area contributed by atoms with Crippen molar-refractivity contribution in [2.75, 3.05) is 0 Å². The second-order valence-electron chi connectivity index (χ2n) is 3.35. The molecule has 1 heterocycles. The summed E-state index contributed by atoms with van der Waals surface area (Å²) >= 11 is 0. The Kier molecular flexibility index (Phi) is 2.64. The van der Waals surface area contributed by atoms with Gasteiger partial charge in [-0.25, -0.2) is 14.8 Å². The lowest BCUT2D eigenvalue weighted by Gasteiger charge is -2.06. The molecule has 0 radical (unpaired) electrons. The number of hydrogen-bond acceptors (Lipinski definition) is 3. The molecule has 0 atom stereocenters. The Balaban J connectivity index is 2.66. The van der Waals surface area contributed by atoms with Gasteiger partial charge in [0.1, 0.15) is 11.9 Å². The van der Waals surface area contributed by atoms with Crippen molar-refractivity contribution in [1.82, 2.24) is 9.97 Å². The summed E-state index contributed by atoms with van der Waals surface area (Å²) in [6.45, 7) is 1.66. The highest BCUT2D eigenvalue weighted by Gasteiger charge is 2.16. The smallest absolute Gasteiger partial charge is 0.339 e. The van der Waals surface area contributed by atoms with Crippen LogP contribution in [0.3, 0.4) is 0 Å². The fourth-order valence-corrected chi connectivity index (χ4v) is 1.54. The quantitative estimate of drug-likeness (QED) is 0.831. The fourth-order valence-electron chi connectivity index (χ4n) is 1.54. The maximum absolute atomic E-state index is 11.1. The zero-order chi connectivity index (χ0) is 11.5. The average molecular weight is 214 g/mol. The molecular formula is C12H10N2O2. The van der Waals surface area contributed by atoms with Gasteiger partial charge in [-0.1, -0.05) is 30.3 Å². The minimum absolute atomic E-state index is 0.161. The summed E-state index contributed by atoms with van der Waals surface area (Å²) in [5.74, 6) is -1.00. The molecule has 0 saturated heterocycles. The van der Waals surface area contributed by atoms with Crippen LogP contribution in [0, 0.1) is 6.92 Å². The van der Waals surface area contributed by atoms with Crippen molar-refractivity contribution in [3.63, 3.8) is 0 Å². The number of carboxylic acid groups (broad SMARTS) is 1. The van der Waals surface area contributed by atoms with Gasteiger partial charge < -0.3 is 5.11 Å². The first-order chi connectivity index (χ1) is 7.70. The molecule has 1 N–H and O–H groups in total. The molecular weight excluding hydrogens is 204 g/mol. The van der Waals surface area contributed by atoms with Gasteiger partial charge in [-0.3, -0.25) is 0 Å². The summed E-state index contributed by atoms with van der Waals surface area (Å²) in [7, 11) is 0. The van der Waals surface area contributed by atoms with E-state index in [1.54, 1.807) is 6.92 Å². The van der Waals surface area contributed by atoms with Gasteiger partial charge in [-0.15, -0.1) is 0 Å². The first-order valence-electron chi connectivity index (χ1n) is 4.80. The van der Waals surface area contributed by atoms with Crippen molar-refractivity contribution in [2.45, 2.75) is 6.92 Å². The lowest BCUT2D eigenvalue weighted by atomic mass is 10.1. The van der Waals surface area contributed by atoms with Crippen LogP contribution < -0.4 is 0 Å². The molecule has 1 aromatic heterocycles. The maximum atomic E-state index is 11.1. The third kappa shape index (κ3) is 1.77.